The van der Waals surface area contributed by atoms with Crippen LogP contribution in [0.2, 0.25) is 5.02 Å². The van der Waals surface area contributed by atoms with Crippen molar-refractivity contribution >= 4 is 28.9 Å². The van der Waals surface area contributed by atoms with Crippen molar-refractivity contribution in [3.63, 3.8) is 0 Å². The first-order valence-corrected chi connectivity index (χ1v) is 5.50. The average molecular weight is 266 g/mol. The molecule has 2 aromatic carbocycles. The van der Waals surface area contributed by atoms with Crippen molar-refractivity contribution in [2.45, 2.75) is 0 Å². The van der Waals surface area contributed by atoms with Gasteiger partial charge in [-0.05, 0) is 36.4 Å². The molecule has 2 N–H and O–H groups in total. The summed E-state index contributed by atoms with van der Waals surface area (Å²) in [6, 6.07) is 10.4. The van der Waals surface area contributed by atoms with Crippen LogP contribution in [0, 0.1) is 5.82 Å². The van der Waals surface area contributed by atoms with Crippen molar-refractivity contribution < 1.29 is 14.3 Å². The highest BCUT2D eigenvalue weighted by Crippen LogP contribution is 2.25. The van der Waals surface area contributed by atoms with Gasteiger partial charge in [0.05, 0.1) is 11.3 Å². The molecule has 2 rings (SSSR count). The summed E-state index contributed by atoms with van der Waals surface area (Å²) < 4.78 is 13.6. The highest BCUT2D eigenvalue weighted by molar-refractivity contribution is 6.30. The van der Waals surface area contributed by atoms with E-state index < -0.39 is 11.8 Å². The van der Waals surface area contributed by atoms with Gasteiger partial charge in [-0.2, -0.15) is 0 Å². The molecule has 0 radical (unpaired) electrons. The zero-order valence-electron chi connectivity index (χ0n) is 9.15. The van der Waals surface area contributed by atoms with Crippen molar-refractivity contribution in [1.29, 1.82) is 0 Å². The Morgan fingerprint density at radius 3 is 2.44 bits per heavy atom. The van der Waals surface area contributed by atoms with Crippen molar-refractivity contribution in [2.24, 2.45) is 0 Å². The van der Waals surface area contributed by atoms with Crippen LogP contribution in [-0.2, 0) is 0 Å². The van der Waals surface area contributed by atoms with Crippen molar-refractivity contribution in [1.82, 2.24) is 0 Å². The smallest absolute Gasteiger partial charge is 0.337 e. The zero-order chi connectivity index (χ0) is 13.1. The predicted molar refractivity (Wildman–Crippen MR) is 68.1 cm³/mol. The maximum atomic E-state index is 13.6. The average Bonchev–Trinajstić information content (AvgIpc) is 2.34. The minimum atomic E-state index is -1.19. The summed E-state index contributed by atoms with van der Waals surface area (Å²) in [5, 5.41) is 12.3. The molecule has 92 valence electrons. The second-order valence-corrected chi connectivity index (χ2v) is 4.04. The number of hydrogen-bond donors (Lipinski definition) is 2. The Morgan fingerprint density at radius 2 is 1.83 bits per heavy atom. The van der Waals surface area contributed by atoms with Gasteiger partial charge < -0.3 is 10.4 Å². The molecule has 0 saturated heterocycles. The molecule has 0 saturated carbocycles. The molecule has 18 heavy (non-hydrogen) atoms. The highest BCUT2D eigenvalue weighted by Gasteiger charge is 2.14. The van der Waals surface area contributed by atoms with Crippen LogP contribution >= 0.6 is 11.6 Å². The lowest BCUT2D eigenvalue weighted by molar-refractivity contribution is 0.0697. The molecule has 0 atom stereocenters. The van der Waals surface area contributed by atoms with Gasteiger partial charge >= 0.3 is 5.97 Å². The van der Waals surface area contributed by atoms with Crippen molar-refractivity contribution in [3.05, 3.63) is 58.9 Å². The van der Waals surface area contributed by atoms with E-state index in [2.05, 4.69) is 5.32 Å². The van der Waals surface area contributed by atoms with E-state index in [1.807, 2.05) is 0 Å². The molecule has 0 aliphatic rings. The first-order valence-electron chi connectivity index (χ1n) is 5.12. The molecule has 0 bridgehead atoms. The molecule has 5 heteroatoms. The van der Waals surface area contributed by atoms with E-state index in [4.69, 9.17) is 16.7 Å². The largest absolute Gasteiger partial charge is 0.478 e. The first-order chi connectivity index (χ1) is 8.58. The number of rotatable bonds is 3. The van der Waals surface area contributed by atoms with E-state index in [9.17, 15) is 9.18 Å². The third kappa shape index (κ3) is 2.60. The van der Waals surface area contributed by atoms with Crippen LogP contribution in [0.25, 0.3) is 0 Å². The number of hydrogen-bond acceptors (Lipinski definition) is 2. The lowest BCUT2D eigenvalue weighted by Gasteiger charge is -2.10. The minimum absolute atomic E-state index is 0.0627. The third-order valence-electron chi connectivity index (χ3n) is 2.36. The lowest BCUT2D eigenvalue weighted by atomic mass is 10.1. The second kappa shape index (κ2) is 5.06. The van der Waals surface area contributed by atoms with Crippen LogP contribution in [-0.4, -0.2) is 11.1 Å². The number of aromatic carboxylic acids is 1. The lowest BCUT2D eigenvalue weighted by Crippen LogP contribution is -2.04. The Kier molecular flexibility index (Phi) is 3.48. The molecule has 0 unspecified atom stereocenters. The third-order valence-corrected chi connectivity index (χ3v) is 2.61. The first kappa shape index (κ1) is 12.4. The summed E-state index contributed by atoms with van der Waals surface area (Å²) in [6.45, 7) is 0. The van der Waals surface area contributed by atoms with Crippen LogP contribution in [0.5, 0.6) is 0 Å². The van der Waals surface area contributed by atoms with E-state index in [1.165, 1.54) is 18.2 Å². The number of carbonyl (C=O) groups is 1. The number of halogens is 2. The summed E-state index contributed by atoms with van der Waals surface area (Å²) in [5.41, 5.74) is 0.379. The molecule has 3 nitrogen and oxygen atoms in total. The number of anilines is 2. The molecule has 2 aromatic rings. The SMILES string of the molecule is O=C(O)c1cccc(F)c1Nc1ccc(Cl)cc1. The quantitative estimate of drug-likeness (QED) is 0.884. The maximum Gasteiger partial charge on any atom is 0.337 e. The number of para-hydroxylation sites is 1. The summed E-state index contributed by atoms with van der Waals surface area (Å²) in [7, 11) is 0. The Labute approximate surface area is 108 Å². The molecular formula is C13H9ClFNO2. The van der Waals surface area contributed by atoms with Gasteiger partial charge in [-0.1, -0.05) is 17.7 Å². The van der Waals surface area contributed by atoms with Gasteiger partial charge in [-0.15, -0.1) is 0 Å². The van der Waals surface area contributed by atoms with Crippen LogP contribution in [0.3, 0.4) is 0 Å². The summed E-state index contributed by atoms with van der Waals surface area (Å²) in [5.74, 6) is -1.81. The van der Waals surface area contributed by atoms with Gasteiger partial charge in [-0.25, -0.2) is 9.18 Å². The molecule has 0 aliphatic carbocycles. The van der Waals surface area contributed by atoms with Gasteiger partial charge in [0.1, 0.15) is 5.82 Å². The standard InChI is InChI=1S/C13H9ClFNO2/c14-8-4-6-9(7-5-8)16-12-10(13(17)18)2-1-3-11(12)15/h1-7,16H,(H,17,18). The number of benzene rings is 2. The van der Waals surface area contributed by atoms with Crippen molar-refractivity contribution in [2.75, 3.05) is 5.32 Å². The fourth-order valence-electron chi connectivity index (χ4n) is 1.51. The summed E-state index contributed by atoms with van der Waals surface area (Å²) >= 11 is 5.73. The van der Waals surface area contributed by atoms with Crippen molar-refractivity contribution in [3.8, 4) is 0 Å². The maximum absolute atomic E-state index is 13.6. The van der Waals surface area contributed by atoms with E-state index in [0.717, 1.165) is 0 Å². The fraction of sp³-hybridized carbons (Fsp3) is 0. The Bertz CT molecular complexity index is 584. The number of nitrogens with one attached hydrogen (secondary N) is 1. The van der Waals surface area contributed by atoms with Gasteiger partial charge in [0, 0.05) is 10.7 Å². The van der Waals surface area contributed by atoms with Gasteiger partial charge in [0.15, 0.2) is 0 Å². The topological polar surface area (TPSA) is 49.3 Å². The monoisotopic (exact) mass is 265 g/mol. The highest BCUT2D eigenvalue weighted by atomic mass is 35.5. The van der Waals surface area contributed by atoms with Gasteiger partial charge in [-0.3, -0.25) is 0 Å². The minimum Gasteiger partial charge on any atom is -0.478 e. The van der Waals surface area contributed by atoms with Gasteiger partial charge in [0.25, 0.3) is 0 Å². The van der Waals surface area contributed by atoms with Crippen LogP contribution < -0.4 is 5.32 Å². The molecular weight excluding hydrogens is 257 g/mol. The van der Waals surface area contributed by atoms with E-state index >= 15 is 0 Å². The summed E-state index contributed by atoms with van der Waals surface area (Å²) in [4.78, 5) is 11.0. The van der Waals surface area contributed by atoms with E-state index in [1.54, 1.807) is 24.3 Å². The molecule has 0 aliphatic heterocycles. The predicted octanol–water partition coefficient (Wildman–Crippen LogP) is 3.92. The second-order valence-electron chi connectivity index (χ2n) is 3.60. The van der Waals surface area contributed by atoms with E-state index in [-0.39, 0.29) is 11.3 Å². The molecule has 0 heterocycles. The van der Waals surface area contributed by atoms with Crippen LogP contribution in [0.1, 0.15) is 10.4 Å². The Hall–Kier alpha value is -2.07. The Balaban J connectivity index is 2.39. The number of carboxylic acids is 1. The zero-order valence-corrected chi connectivity index (χ0v) is 9.91. The summed E-state index contributed by atoms with van der Waals surface area (Å²) in [6.07, 6.45) is 0. The van der Waals surface area contributed by atoms with Gasteiger partial charge in [0.2, 0.25) is 0 Å². The van der Waals surface area contributed by atoms with E-state index in [0.29, 0.717) is 10.7 Å². The molecule has 0 fully saturated rings. The van der Waals surface area contributed by atoms with Crippen LogP contribution in [0.15, 0.2) is 42.5 Å². The fourth-order valence-corrected chi connectivity index (χ4v) is 1.63. The normalized spacial score (nSPS) is 10.1. The van der Waals surface area contributed by atoms with Crippen LogP contribution in [0.4, 0.5) is 15.8 Å². The molecule has 0 aromatic heterocycles. The molecule has 0 spiro atoms. The Morgan fingerprint density at radius 1 is 1.17 bits per heavy atom. The number of carboxylic acid groups (broad SMARTS) is 1. The molecule has 0 amide bonds.